The zero-order valence-electron chi connectivity index (χ0n) is 23.3. The van der Waals surface area contributed by atoms with Crippen molar-refractivity contribution in [3.05, 3.63) is 95.6 Å². The largest absolute Gasteiger partial charge is 0.481 e. The number of alkyl carbamates (subject to hydrolysis) is 1. The lowest BCUT2D eigenvalue weighted by Crippen LogP contribution is -2.56. The molecule has 8 heteroatoms. The first-order valence-corrected chi connectivity index (χ1v) is 14.2. The summed E-state index contributed by atoms with van der Waals surface area (Å²) >= 11 is 0. The average molecular weight is 556 g/mol. The molecule has 0 bridgehead atoms. The number of carboxylic acids is 1. The fourth-order valence-electron chi connectivity index (χ4n) is 5.90. The zero-order valence-corrected chi connectivity index (χ0v) is 23.3. The number of nitrogens with zero attached hydrogens (tertiary/aromatic N) is 1. The Morgan fingerprint density at radius 2 is 1.51 bits per heavy atom. The van der Waals surface area contributed by atoms with Gasteiger partial charge in [-0.1, -0.05) is 85.3 Å². The maximum Gasteiger partial charge on any atom is 0.407 e. The summed E-state index contributed by atoms with van der Waals surface area (Å²) in [6.07, 6.45) is 1.97. The van der Waals surface area contributed by atoms with E-state index in [0.29, 0.717) is 6.54 Å². The number of likely N-dealkylation sites (N-methyl/N-ethyl adjacent to an activating group) is 1. The number of hydrogen-bond donors (Lipinski definition) is 3. The second-order valence-electron chi connectivity index (χ2n) is 11.1. The standard InChI is InChI=1S/C33H37N3O5/c1-36(19-22-10-3-2-4-11-22)20-30(32(39)34-29(18-31(37)38)23-12-9-13-23)35-33(40)41-21-28-26-16-7-5-14-24(26)25-15-6-8-17-27(25)28/h2-8,10-11,14-17,23,28-30H,9,12-13,18-21H2,1H3,(H,34,39)(H,35,40)(H,37,38). The normalized spacial score (nSPS) is 15.8. The fraction of sp³-hybridized carbons (Fsp3) is 0.364. The van der Waals surface area contributed by atoms with E-state index in [1.807, 2.05) is 66.5 Å². The van der Waals surface area contributed by atoms with Crippen molar-refractivity contribution in [1.82, 2.24) is 15.5 Å². The molecule has 8 nitrogen and oxygen atoms in total. The van der Waals surface area contributed by atoms with E-state index < -0.39 is 30.1 Å². The summed E-state index contributed by atoms with van der Waals surface area (Å²) in [5, 5.41) is 15.1. The van der Waals surface area contributed by atoms with Crippen LogP contribution in [-0.4, -0.2) is 60.3 Å². The predicted octanol–water partition coefficient (Wildman–Crippen LogP) is 4.79. The molecule has 3 aromatic carbocycles. The Morgan fingerprint density at radius 3 is 2.10 bits per heavy atom. The number of nitrogens with one attached hydrogen (secondary N) is 2. The van der Waals surface area contributed by atoms with Crippen LogP contribution in [0.5, 0.6) is 0 Å². The van der Waals surface area contributed by atoms with Gasteiger partial charge in [0.05, 0.1) is 6.42 Å². The highest BCUT2D eigenvalue weighted by Gasteiger charge is 2.34. The Hall–Kier alpha value is -4.17. The second-order valence-corrected chi connectivity index (χ2v) is 11.1. The molecule has 1 saturated carbocycles. The van der Waals surface area contributed by atoms with Crippen molar-refractivity contribution in [3.8, 4) is 11.1 Å². The lowest BCUT2D eigenvalue weighted by Gasteiger charge is -2.34. The van der Waals surface area contributed by atoms with Gasteiger partial charge in [0.15, 0.2) is 0 Å². The third-order valence-corrected chi connectivity index (χ3v) is 8.18. The van der Waals surface area contributed by atoms with E-state index in [0.717, 1.165) is 47.1 Å². The van der Waals surface area contributed by atoms with E-state index in [1.165, 1.54) is 0 Å². The number of carboxylic acid groups (broad SMARTS) is 1. The van der Waals surface area contributed by atoms with Gasteiger partial charge >= 0.3 is 12.1 Å². The van der Waals surface area contributed by atoms with Crippen LogP contribution in [0.2, 0.25) is 0 Å². The van der Waals surface area contributed by atoms with Gasteiger partial charge in [0.1, 0.15) is 12.6 Å². The maximum atomic E-state index is 13.5. The summed E-state index contributed by atoms with van der Waals surface area (Å²) in [6, 6.07) is 24.7. The minimum atomic E-state index is -0.954. The average Bonchev–Trinajstić information content (AvgIpc) is 3.24. The second kappa shape index (κ2) is 13.0. The molecule has 1 fully saturated rings. The number of ether oxygens (including phenoxy) is 1. The topological polar surface area (TPSA) is 108 Å². The summed E-state index contributed by atoms with van der Waals surface area (Å²) in [7, 11) is 1.88. The fourth-order valence-corrected chi connectivity index (χ4v) is 5.90. The Morgan fingerprint density at radius 1 is 0.902 bits per heavy atom. The van der Waals surface area contributed by atoms with Gasteiger partial charge < -0.3 is 20.5 Å². The molecule has 2 unspecified atom stereocenters. The Kier molecular flexibility index (Phi) is 8.99. The van der Waals surface area contributed by atoms with Crippen molar-refractivity contribution in [2.24, 2.45) is 5.92 Å². The van der Waals surface area contributed by atoms with Crippen LogP contribution in [0.25, 0.3) is 11.1 Å². The van der Waals surface area contributed by atoms with Crippen LogP contribution in [0.1, 0.15) is 48.3 Å². The molecule has 5 rings (SSSR count). The van der Waals surface area contributed by atoms with Crippen molar-refractivity contribution in [3.63, 3.8) is 0 Å². The van der Waals surface area contributed by atoms with E-state index in [9.17, 15) is 19.5 Å². The third-order valence-electron chi connectivity index (χ3n) is 8.18. The summed E-state index contributed by atoms with van der Waals surface area (Å²) in [6.45, 7) is 0.950. The van der Waals surface area contributed by atoms with Crippen LogP contribution in [0.4, 0.5) is 4.79 Å². The number of hydrogen-bond acceptors (Lipinski definition) is 5. The molecule has 0 aliphatic heterocycles. The van der Waals surface area contributed by atoms with E-state index in [-0.39, 0.29) is 31.4 Å². The van der Waals surface area contributed by atoms with Crippen molar-refractivity contribution in [2.45, 2.75) is 50.2 Å². The van der Waals surface area contributed by atoms with Crippen LogP contribution in [-0.2, 0) is 20.9 Å². The smallest absolute Gasteiger partial charge is 0.407 e. The Balaban J connectivity index is 1.27. The first kappa shape index (κ1) is 28.4. The molecule has 2 aliphatic rings. The van der Waals surface area contributed by atoms with Crippen LogP contribution >= 0.6 is 0 Å². The Bertz CT molecular complexity index is 1330. The third kappa shape index (κ3) is 6.95. The van der Waals surface area contributed by atoms with Gasteiger partial charge in [-0.25, -0.2) is 4.79 Å². The predicted molar refractivity (Wildman–Crippen MR) is 156 cm³/mol. The van der Waals surface area contributed by atoms with E-state index in [1.54, 1.807) is 0 Å². The van der Waals surface area contributed by atoms with Crippen LogP contribution < -0.4 is 10.6 Å². The minimum Gasteiger partial charge on any atom is -0.481 e. The maximum absolute atomic E-state index is 13.5. The summed E-state index contributed by atoms with van der Waals surface area (Å²) in [4.78, 5) is 40.1. The molecule has 0 spiro atoms. The molecule has 3 N–H and O–H groups in total. The molecule has 0 saturated heterocycles. The first-order chi connectivity index (χ1) is 19.9. The molecule has 2 aliphatic carbocycles. The molecular weight excluding hydrogens is 518 g/mol. The molecule has 41 heavy (non-hydrogen) atoms. The number of rotatable bonds is 12. The van der Waals surface area contributed by atoms with Gasteiger partial charge in [-0.2, -0.15) is 0 Å². The van der Waals surface area contributed by atoms with Crippen molar-refractivity contribution in [1.29, 1.82) is 0 Å². The zero-order chi connectivity index (χ0) is 28.8. The van der Waals surface area contributed by atoms with Gasteiger partial charge in [0.2, 0.25) is 5.91 Å². The van der Waals surface area contributed by atoms with E-state index in [4.69, 9.17) is 4.74 Å². The lowest BCUT2D eigenvalue weighted by molar-refractivity contribution is -0.138. The molecular formula is C33H37N3O5. The monoisotopic (exact) mass is 555 g/mol. The number of carbonyl (C=O) groups excluding carboxylic acids is 2. The highest BCUT2D eigenvalue weighted by atomic mass is 16.5. The van der Waals surface area contributed by atoms with Crippen LogP contribution in [0.3, 0.4) is 0 Å². The van der Waals surface area contributed by atoms with Gasteiger partial charge in [-0.15, -0.1) is 0 Å². The minimum absolute atomic E-state index is 0.0975. The summed E-state index contributed by atoms with van der Waals surface area (Å²) in [5.41, 5.74) is 5.56. The first-order valence-electron chi connectivity index (χ1n) is 14.2. The van der Waals surface area contributed by atoms with Gasteiger partial charge in [-0.05, 0) is 53.6 Å². The SMILES string of the molecule is CN(Cc1ccccc1)CC(NC(=O)OCC1c2ccccc2-c2ccccc21)C(=O)NC(CC(=O)O)C1CCC1. The van der Waals surface area contributed by atoms with Crippen molar-refractivity contribution in [2.75, 3.05) is 20.2 Å². The van der Waals surface area contributed by atoms with Crippen molar-refractivity contribution < 1.29 is 24.2 Å². The molecule has 0 aromatic heterocycles. The van der Waals surface area contributed by atoms with E-state index >= 15 is 0 Å². The summed E-state index contributed by atoms with van der Waals surface area (Å²) in [5.74, 6) is -1.33. The lowest BCUT2D eigenvalue weighted by atomic mass is 9.78. The number of benzene rings is 3. The number of amides is 2. The molecule has 0 radical (unpaired) electrons. The quantitative estimate of drug-likeness (QED) is 0.297. The number of aliphatic carboxylic acids is 1. The molecule has 2 atom stereocenters. The highest BCUT2D eigenvalue weighted by molar-refractivity contribution is 5.86. The molecule has 3 aromatic rings. The molecule has 0 heterocycles. The molecule has 214 valence electrons. The number of fused-ring (bicyclic) bond motifs is 3. The van der Waals surface area contributed by atoms with Gasteiger partial charge in [0.25, 0.3) is 0 Å². The number of carbonyl (C=O) groups is 3. The molecule has 2 amide bonds. The Labute approximate surface area is 240 Å². The van der Waals surface area contributed by atoms with E-state index in [2.05, 4.69) is 34.9 Å². The van der Waals surface area contributed by atoms with Crippen LogP contribution in [0, 0.1) is 5.92 Å². The van der Waals surface area contributed by atoms with Gasteiger partial charge in [0, 0.05) is 25.0 Å². The van der Waals surface area contributed by atoms with Gasteiger partial charge in [-0.3, -0.25) is 14.5 Å². The summed E-state index contributed by atoms with van der Waals surface area (Å²) < 4.78 is 5.73. The van der Waals surface area contributed by atoms with Crippen LogP contribution in [0.15, 0.2) is 78.9 Å². The highest BCUT2D eigenvalue weighted by Crippen LogP contribution is 2.44. The van der Waals surface area contributed by atoms with Crippen molar-refractivity contribution >= 4 is 18.0 Å².